The van der Waals surface area contributed by atoms with E-state index in [1.807, 2.05) is 0 Å². The molecule has 0 aromatic heterocycles. The number of nitrogens with one attached hydrogen (secondary N) is 1. The molecule has 0 heterocycles. The minimum absolute atomic E-state index is 0.297. The van der Waals surface area contributed by atoms with Crippen LogP contribution in [0.3, 0.4) is 0 Å². The van der Waals surface area contributed by atoms with Gasteiger partial charge >= 0.3 is 5.69 Å². The van der Waals surface area contributed by atoms with Crippen LogP contribution < -0.4 is 10.1 Å². The van der Waals surface area contributed by atoms with E-state index in [0.717, 1.165) is 23.8 Å². The first-order valence-electron chi connectivity index (χ1n) is 6.98. The number of amides is 1. The molecule has 1 N–H and O–H groups in total. The second kappa shape index (κ2) is 7.74. The fourth-order valence-corrected chi connectivity index (χ4v) is 2.14. The van der Waals surface area contributed by atoms with Gasteiger partial charge in [0, 0.05) is 17.2 Å². The molecule has 0 bridgehead atoms. The van der Waals surface area contributed by atoms with Crippen LogP contribution in [0, 0.1) is 15.9 Å². The van der Waals surface area contributed by atoms with Gasteiger partial charge in [0.05, 0.1) is 11.0 Å². The van der Waals surface area contributed by atoms with Crippen LogP contribution in [-0.4, -0.2) is 17.4 Å². The van der Waals surface area contributed by atoms with Crippen molar-refractivity contribution in [2.75, 3.05) is 6.61 Å². The Bertz CT molecular complexity index is 752. The Morgan fingerprint density at radius 1 is 1.33 bits per heavy atom. The summed E-state index contributed by atoms with van der Waals surface area (Å²) >= 11 is 5.80. The number of nitrogens with zero attached hydrogens (tertiary/aromatic N) is 1. The molecular weight excluding hydrogens is 339 g/mol. The number of hydrogen-bond acceptors (Lipinski definition) is 4. The van der Waals surface area contributed by atoms with Crippen molar-refractivity contribution >= 4 is 23.2 Å². The second-order valence-corrected chi connectivity index (χ2v) is 5.44. The molecule has 1 atom stereocenters. The lowest BCUT2D eigenvalue weighted by Gasteiger charge is -2.15. The first-order chi connectivity index (χ1) is 11.4. The molecule has 2 rings (SSSR count). The van der Waals surface area contributed by atoms with Crippen molar-refractivity contribution in [2.45, 2.75) is 13.0 Å². The van der Waals surface area contributed by atoms with Crippen LogP contribution in [0.4, 0.5) is 10.1 Å². The summed E-state index contributed by atoms with van der Waals surface area (Å²) in [6.07, 6.45) is 0. The number of benzene rings is 2. The van der Waals surface area contributed by atoms with Crippen LogP contribution in [-0.2, 0) is 4.79 Å². The Morgan fingerprint density at radius 3 is 2.62 bits per heavy atom. The Hall–Kier alpha value is -2.67. The molecule has 2 aromatic carbocycles. The summed E-state index contributed by atoms with van der Waals surface area (Å²) in [5, 5.41) is 14.1. The van der Waals surface area contributed by atoms with Gasteiger partial charge in [0.1, 0.15) is 5.82 Å². The van der Waals surface area contributed by atoms with E-state index in [1.165, 1.54) is 0 Å². The second-order valence-electron chi connectivity index (χ2n) is 5.00. The highest BCUT2D eigenvalue weighted by atomic mass is 35.5. The fraction of sp³-hybridized carbons (Fsp3) is 0.188. The SMILES string of the molecule is CC(NC(=O)COc1cc(F)ccc1[N+](=O)[O-])c1ccc(Cl)cc1. The molecule has 0 radical (unpaired) electrons. The molecule has 0 aliphatic carbocycles. The van der Waals surface area contributed by atoms with E-state index in [0.29, 0.717) is 5.02 Å². The summed E-state index contributed by atoms with van der Waals surface area (Å²) in [6, 6.07) is 9.44. The number of rotatable bonds is 6. The number of hydrogen-bond donors (Lipinski definition) is 1. The van der Waals surface area contributed by atoms with Crippen LogP contribution in [0.2, 0.25) is 5.02 Å². The Morgan fingerprint density at radius 2 is 2.00 bits per heavy atom. The van der Waals surface area contributed by atoms with Gasteiger partial charge in [-0.05, 0) is 30.7 Å². The van der Waals surface area contributed by atoms with E-state index in [4.69, 9.17) is 16.3 Å². The standard InChI is InChI=1S/C16H14ClFN2O4/c1-10(11-2-4-12(17)5-3-11)19-16(21)9-24-15-8-13(18)6-7-14(15)20(22)23/h2-8,10H,9H2,1H3,(H,19,21). The minimum atomic E-state index is -0.705. The number of halogens is 2. The van der Waals surface area contributed by atoms with Gasteiger partial charge in [0.15, 0.2) is 6.61 Å². The summed E-state index contributed by atoms with van der Waals surface area (Å²) in [5.74, 6) is -1.48. The van der Waals surface area contributed by atoms with Crippen LogP contribution in [0.15, 0.2) is 42.5 Å². The maximum atomic E-state index is 13.2. The average molecular weight is 353 g/mol. The zero-order valence-electron chi connectivity index (χ0n) is 12.7. The van der Waals surface area contributed by atoms with Crippen LogP contribution in [0.25, 0.3) is 0 Å². The van der Waals surface area contributed by atoms with Crippen LogP contribution >= 0.6 is 11.6 Å². The number of nitro groups is 1. The van der Waals surface area contributed by atoms with Gasteiger partial charge in [0.2, 0.25) is 5.75 Å². The smallest absolute Gasteiger partial charge is 0.311 e. The zero-order valence-corrected chi connectivity index (χ0v) is 13.4. The van der Waals surface area contributed by atoms with Gasteiger partial charge in [-0.15, -0.1) is 0 Å². The number of carbonyl (C=O) groups is 1. The van der Waals surface area contributed by atoms with Gasteiger partial charge in [-0.2, -0.15) is 0 Å². The molecule has 8 heteroatoms. The Balaban J connectivity index is 1.97. The van der Waals surface area contributed by atoms with Crippen LogP contribution in [0.5, 0.6) is 5.75 Å². The average Bonchev–Trinajstić information content (AvgIpc) is 2.53. The maximum absolute atomic E-state index is 13.2. The lowest BCUT2D eigenvalue weighted by Crippen LogP contribution is -2.31. The van der Waals surface area contributed by atoms with Crippen molar-refractivity contribution in [1.82, 2.24) is 5.32 Å². The normalized spacial score (nSPS) is 11.6. The number of ether oxygens (including phenoxy) is 1. The molecule has 0 saturated carbocycles. The predicted octanol–water partition coefficient (Wildman–Crippen LogP) is 3.64. The van der Waals surface area contributed by atoms with E-state index in [9.17, 15) is 19.3 Å². The quantitative estimate of drug-likeness (QED) is 0.635. The molecule has 0 fully saturated rings. The molecule has 2 aromatic rings. The van der Waals surface area contributed by atoms with Crippen molar-refractivity contribution in [3.63, 3.8) is 0 Å². The summed E-state index contributed by atoms with van der Waals surface area (Å²) in [4.78, 5) is 22.1. The van der Waals surface area contributed by atoms with E-state index in [-0.39, 0.29) is 11.8 Å². The minimum Gasteiger partial charge on any atom is -0.477 e. The first-order valence-corrected chi connectivity index (χ1v) is 7.36. The van der Waals surface area contributed by atoms with Gasteiger partial charge < -0.3 is 10.1 Å². The Labute approximate surface area is 142 Å². The highest BCUT2D eigenvalue weighted by Gasteiger charge is 2.17. The van der Waals surface area contributed by atoms with Crippen LogP contribution in [0.1, 0.15) is 18.5 Å². The molecule has 0 saturated heterocycles. The summed E-state index contributed by atoms with van der Waals surface area (Å²) in [5.41, 5.74) is 0.430. The molecule has 0 spiro atoms. The maximum Gasteiger partial charge on any atom is 0.311 e. The fourth-order valence-electron chi connectivity index (χ4n) is 2.02. The number of nitro benzene ring substituents is 1. The zero-order chi connectivity index (χ0) is 17.7. The van der Waals surface area contributed by atoms with Gasteiger partial charge in [-0.1, -0.05) is 23.7 Å². The van der Waals surface area contributed by atoms with Gasteiger partial charge in [-0.3, -0.25) is 14.9 Å². The third-order valence-corrected chi connectivity index (χ3v) is 3.48. The number of carbonyl (C=O) groups excluding carboxylic acids is 1. The van der Waals surface area contributed by atoms with Crippen molar-refractivity contribution in [2.24, 2.45) is 0 Å². The van der Waals surface area contributed by atoms with Crippen molar-refractivity contribution in [3.05, 3.63) is 69.0 Å². The molecule has 0 aliphatic rings. The van der Waals surface area contributed by atoms with Crippen molar-refractivity contribution in [1.29, 1.82) is 0 Å². The molecule has 24 heavy (non-hydrogen) atoms. The largest absolute Gasteiger partial charge is 0.477 e. The molecule has 6 nitrogen and oxygen atoms in total. The Kier molecular flexibility index (Phi) is 5.70. The summed E-state index contributed by atoms with van der Waals surface area (Å²) in [6.45, 7) is 1.30. The predicted molar refractivity (Wildman–Crippen MR) is 86.6 cm³/mol. The van der Waals surface area contributed by atoms with E-state index in [2.05, 4.69) is 5.32 Å². The first kappa shape index (κ1) is 17.7. The van der Waals surface area contributed by atoms with Gasteiger partial charge in [-0.25, -0.2) is 4.39 Å². The summed E-state index contributed by atoms with van der Waals surface area (Å²) < 4.78 is 18.3. The molecule has 1 unspecified atom stereocenters. The lowest BCUT2D eigenvalue weighted by atomic mass is 10.1. The third-order valence-electron chi connectivity index (χ3n) is 3.22. The monoisotopic (exact) mass is 352 g/mol. The third kappa shape index (κ3) is 4.66. The molecular formula is C16H14ClFN2O4. The van der Waals surface area contributed by atoms with E-state index in [1.54, 1.807) is 31.2 Å². The van der Waals surface area contributed by atoms with Crippen molar-refractivity contribution < 1.29 is 18.8 Å². The topological polar surface area (TPSA) is 81.5 Å². The molecule has 1 amide bonds. The lowest BCUT2D eigenvalue weighted by molar-refractivity contribution is -0.385. The highest BCUT2D eigenvalue weighted by Crippen LogP contribution is 2.27. The van der Waals surface area contributed by atoms with E-state index < -0.39 is 28.9 Å². The summed E-state index contributed by atoms with van der Waals surface area (Å²) in [7, 11) is 0. The van der Waals surface area contributed by atoms with Crippen molar-refractivity contribution in [3.8, 4) is 5.75 Å². The molecule has 0 aliphatic heterocycles. The van der Waals surface area contributed by atoms with E-state index >= 15 is 0 Å². The van der Waals surface area contributed by atoms with Gasteiger partial charge in [0.25, 0.3) is 5.91 Å². The highest BCUT2D eigenvalue weighted by molar-refractivity contribution is 6.30. The molecule has 126 valence electrons.